The number of hydrogen-bond acceptors (Lipinski definition) is 4. The van der Waals surface area contributed by atoms with E-state index in [1.807, 2.05) is 12.1 Å². The van der Waals surface area contributed by atoms with E-state index in [1.165, 1.54) is 22.4 Å². The van der Waals surface area contributed by atoms with E-state index in [4.69, 9.17) is 0 Å². The Morgan fingerprint density at radius 2 is 1.63 bits per heavy atom. The molecule has 6 nitrogen and oxygen atoms in total. The minimum atomic E-state index is -0.351. The van der Waals surface area contributed by atoms with E-state index in [0.29, 0.717) is 17.9 Å². The summed E-state index contributed by atoms with van der Waals surface area (Å²) < 4.78 is 14.9. The van der Waals surface area contributed by atoms with Crippen LogP contribution >= 0.6 is 0 Å². The third-order valence-electron chi connectivity index (χ3n) is 4.79. The maximum absolute atomic E-state index is 13.4. The van der Waals surface area contributed by atoms with Crippen molar-refractivity contribution in [2.45, 2.75) is 19.9 Å². The highest BCUT2D eigenvalue weighted by molar-refractivity contribution is 5.98. The zero-order chi connectivity index (χ0) is 20.9. The van der Waals surface area contributed by atoms with Gasteiger partial charge in [-0.2, -0.15) is 0 Å². The fourth-order valence-electron chi connectivity index (χ4n) is 3.13. The largest absolute Gasteiger partial charge is 0.346 e. The number of amides is 1. The average molecular weight is 401 g/mol. The van der Waals surface area contributed by atoms with Crippen LogP contribution in [0.25, 0.3) is 16.9 Å². The second-order valence-corrected chi connectivity index (χ2v) is 6.76. The van der Waals surface area contributed by atoms with Crippen LogP contribution in [0.15, 0.2) is 73.1 Å². The number of nitrogens with zero attached hydrogens (tertiary/aromatic N) is 4. The molecule has 0 atom stereocenters. The van der Waals surface area contributed by atoms with Gasteiger partial charge in [-0.15, -0.1) is 5.10 Å². The highest BCUT2D eigenvalue weighted by atomic mass is 19.1. The number of aromatic nitrogens is 4. The van der Waals surface area contributed by atoms with E-state index < -0.39 is 0 Å². The highest BCUT2D eigenvalue weighted by Gasteiger charge is 2.22. The molecule has 0 aliphatic carbocycles. The molecule has 0 spiro atoms. The maximum Gasteiger partial charge on any atom is 0.274 e. The van der Waals surface area contributed by atoms with Crippen molar-refractivity contribution in [1.29, 1.82) is 0 Å². The van der Waals surface area contributed by atoms with Gasteiger partial charge in [-0.05, 0) is 53.9 Å². The third-order valence-corrected chi connectivity index (χ3v) is 4.79. The van der Waals surface area contributed by atoms with E-state index in [1.54, 1.807) is 36.7 Å². The summed E-state index contributed by atoms with van der Waals surface area (Å²) in [5.41, 5.74) is 4.28. The molecule has 0 saturated heterocycles. The number of benzene rings is 2. The molecule has 30 heavy (non-hydrogen) atoms. The van der Waals surface area contributed by atoms with E-state index >= 15 is 0 Å². The second-order valence-electron chi connectivity index (χ2n) is 6.76. The Hall–Kier alpha value is -3.87. The average Bonchev–Trinajstić information content (AvgIpc) is 3.24. The van der Waals surface area contributed by atoms with E-state index in [2.05, 4.69) is 39.7 Å². The van der Waals surface area contributed by atoms with Gasteiger partial charge in [0.05, 0.1) is 5.69 Å². The lowest BCUT2D eigenvalue weighted by Gasteiger charge is -2.09. The lowest BCUT2D eigenvalue weighted by molar-refractivity contribution is 0.0946. The normalized spacial score (nSPS) is 10.7. The second kappa shape index (κ2) is 8.65. The van der Waals surface area contributed by atoms with Crippen LogP contribution in [0.4, 0.5) is 4.39 Å². The number of aryl methyl sites for hydroxylation is 1. The number of rotatable bonds is 6. The van der Waals surface area contributed by atoms with Gasteiger partial charge in [-0.25, -0.2) is 9.07 Å². The van der Waals surface area contributed by atoms with Gasteiger partial charge in [0.2, 0.25) is 0 Å². The number of hydrogen-bond donors (Lipinski definition) is 1. The van der Waals surface area contributed by atoms with Crippen molar-refractivity contribution in [2.75, 3.05) is 0 Å². The molecular weight excluding hydrogens is 381 g/mol. The lowest BCUT2D eigenvalue weighted by atomic mass is 10.1. The summed E-state index contributed by atoms with van der Waals surface area (Å²) in [4.78, 5) is 17.0. The molecule has 4 rings (SSSR count). The molecule has 2 heterocycles. The Morgan fingerprint density at radius 3 is 2.30 bits per heavy atom. The molecular formula is C23H20FN5O. The smallest absolute Gasteiger partial charge is 0.274 e. The van der Waals surface area contributed by atoms with Crippen molar-refractivity contribution in [3.05, 3.63) is 95.7 Å². The zero-order valence-electron chi connectivity index (χ0n) is 16.4. The molecule has 0 saturated carbocycles. The van der Waals surface area contributed by atoms with E-state index in [9.17, 15) is 9.18 Å². The van der Waals surface area contributed by atoms with E-state index in [0.717, 1.165) is 17.5 Å². The molecule has 150 valence electrons. The van der Waals surface area contributed by atoms with Crippen molar-refractivity contribution in [3.8, 4) is 16.9 Å². The van der Waals surface area contributed by atoms with Gasteiger partial charge in [-0.3, -0.25) is 9.78 Å². The Labute approximate surface area is 173 Å². The Bertz CT molecular complexity index is 1140. The number of carbonyl (C=O) groups is 1. The van der Waals surface area contributed by atoms with Gasteiger partial charge in [0.1, 0.15) is 11.5 Å². The molecule has 0 bridgehead atoms. The van der Waals surface area contributed by atoms with Crippen molar-refractivity contribution >= 4 is 5.91 Å². The molecule has 7 heteroatoms. The van der Waals surface area contributed by atoms with Gasteiger partial charge in [0, 0.05) is 24.5 Å². The van der Waals surface area contributed by atoms with Crippen molar-refractivity contribution < 1.29 is 9.18 Å². The summed E-state index contributed by atoms with van der Waals surface area (Å²) in [5.74, 6) is -0.689. The summed E-state index contributed by atoms with van der Waals surface area (Å²) in [6.07, 6.45) is 4.23. The molecule has 2 aromatic heterocycles. The van der Waals surface area contributed by atoms with Crippen molar-refractivity contribution in [1.82, 2.24) is 25.3 Å². The molecule has 4 aromatic rings. The monoisotopic (exact) mass is 401 g/mol. The van der Waals surface area contributed by atoms with Gasteiger partial charge >= 0.3 is 0 Å². The van der Waals surface area contributed by atoms with Crippen LogP contribution in [0.3, 0.4) is 0 Å². The van der Waals surface area contributed by atoms with Crippen LogP contribution in [0.5, 0.6) is 0 Å². The lowest BCUT2D eigenvalue weighted by Crippen LogP contribution is -2.24. The van der Waals surface area contributed by atoms with Crippen LogP contribution in [0.1, 0.15) is 28.5 Å². The summed E-state index contributed by atoms with van der Waals surface area (Å²) in [5, 5.41) is 11.2. The Balaban J connectivity index is 1.65. The van der Waals surface area contributed by atoms with Gasteiger partial charge in [-0.1, -0.05) is 36.4 Å². The third kappa shape index (κ3) is 4.10. The predicted octanol–water partition coefficient (Wildman–Crippen LogP) is 3.96. The molecule has 0 aliphatic heterocycles. The molecule has 2 aromatic carbocycles. The fraction of sp³-hybridized carbons (Fsp3) is 0.130. The first-order chi connectivity index (χ1) is 14.7. The number of carbonyl (C=O) groups excluding carboxylic acids is 1. The first-order valence-electron chi connectivity index (χ1n) is 9.63. The molecule has 0 fully saturated rings. The summed E-state index contributed by atoms with van der Waals surface area (Å²) in [6.45, 7) is 2.48. The molecule has 0 unspecified atom stereocenters. The van der Waals surface area contributed by atoms with Crippen LogP contribution in [-0.4, -0.2) is 25.9 Å². The minimum Gasteiger partial charge on any atom is -0.346 e. The highest BCUT2D eigenvalue weighted by Crippen LogP contribution is 2.25. The molecule has 0 aliphatic rings. The standard InChI is InChI=1S/C23H20FN5O/c1-2-16-3-5-17(6-4-16)15-26-23(30)21-22(18-11-13-25-14-12-18)29(28-27-21)20-9-7-19(24)8-10-20/h3-14H,2,15H2,1H3,(H,26,30). The van der Waals surface area contributed by atoms with Crippen LogP contribution < -0.4 is 5.32 Å². The van der Waals surface area contributed by atoms with Crippen LogP contribution in [0.2, 0.25) is 0 Å². The van der Waals surface area contributed by atoms with Crippen molar-refractivity contribution in [2.24, 2.45) is 0 Å². The molecule has 1 N–H and O–H groups in total. The zero-order valence-corrected chi connectivity index (χ0v) is 16.4. The van der Waals surface area contributed by atoms with Crippen LogP contribution in [-0.2, 0) is 13.0 Å². The van der Waals surface area contributed by atoms with E-state index in [-0.39, 0.29) is 17.4 Å². The maximum atomic E-state index is 13.4. The van der Waals surface area contributed by atoms with Gasteiger partial charge in [0.25, 0.3) is 5.91 Å². The minimum absolute atomic E-state index is 0.190. The summed E-state index contributed by atoms with van der Waals surface area (Å²) >= 11 is 0. The number of pyridine rings is 1. The Kier molecular flexibility index (Phi) is 5.61. The number of halogens is 1. The summed E-state index contributed by atoms with van der Waals surface area (Å²) in [7, 11) is 0. The fourth-order valence-corrected chi connectivity index (χ4v) is 3.13. The predicted molar refractivity (Wildman–Crippen MR) is 112 cm³/mol. The molecule has 0 radical (unpaired) electrons. The van der Waals surface area contributed by atoms with Gasteiger partial charge < -0.3 is 5.32 Å². The first kappa shape index (κ1) is 19.4. The van der Waals surface area contributed by atoms with Crippen LogP contribution in [0, 0.1) is 5.82 Å². The van der Waals surface area contributed by atoms with Crippen molar-refractivity contribution in [3.63, 3.8) is 0 Å². The quantitative estimate of drug-likeness (QED) is 0.531. The SMILES string of the molecule is CCc1ccc(CNC(=O)c2nnn(-c3ccc(F)cc3)c2-c2ccncc2)cc1. The first-order valence-corrected chi connectivity index (χ1v) is 9.63. The topological polar surface area (TPSA) is 72.7 Å². The van der Waals surface area contributed by atoms with Gasteiger partial charge in [0.15, 0.2) is 5.69 Å². The Morgan fingerprint density at radius 1 is 0.967 bits per heavy atom. The number of nitrogens with one attached hydrogen (secondary N) is 1. The summed E-state index contributed by atoms with van der Waals surface area (Å²) in [6, 6.07) is 17.5. The molecule has 1 amide bonds.